The average molecular weight is 309 g/mol. The molecule has 0 atom stereocenters. The van der Waals surface area contributed by atoms with Crippen LogP contribution < -0.4 is 10.1 Å². The summed E-state index contributed by atoms with van der Waals surface area (Å²) in [6.45, 7) is 5.02. The summed E-state index contributed by atoms with van der Waals surface area (Å²) in [5.74, 6) is 1.72. The number of nitrogens with one attached hydrogen (secondary N) is 1. The number of hydrogen-bond acceptors (Lipinski definition) is 4. The van der Waals surface area contributed by atoms with Crippen LogP contribution in [0.25, 0.3) is 0 Å². The predicted octanol–water partition coefficient (Wildman–Crippen LogP) is 2.73. The Morgan fingerprint density at radius 2 is 2.05 bits per heavy atom. The van der Waals surface area contributed by atoms with Crippen molar-refractivity contribution in [1.82, 2.24) is 5.32 Å². The number of ether oxygens (including phenoxy) is 2. The molecule has 1 aliphatic rings. The van der Waals surface area contributed by atoms with E-state index in [1.54, 1.807) is 12.1 Å². The fraction of sp³-hybridized carbons (Fsp3) is 0.562. The van der Waals surface area contributed by atoms with Crippen molar-refractivity contribution in [1.29, 1.82) is 0 Å². The van der Waals surface area contributed by atoms with Crippen molar-refractivity contribution in [2.75, 3.05) is 32.1 Å². The third-order valence-corrected chi connectivity index (χ3v) is 4.72. The fourth-order valence-corrected chi connectivity index (χ4v) is 3.28. The maximum atomic E-state index is 12.0. The lowest BCUT2D eigenvalue weighted by Crippen LogP contribution is -2.27. The Balaban J connectivity index is 1.66. The summed E-state index contributed by atoms with van der Waals surface area (Å²) in [6.07, 6.45) is 2.25. The molecule has 1 saturated heterocycles. The highest BCUT2D eigenvalue weighted by Gasteiger charge is 2.13. The number of carbonyl (C=O) groups excluding carboxylic acids is 1. The second-order valence-corrected chi connectivity index (χ2v) is 6.30. The van der Waals surface area contributed by atoms with Crippen molar-refractivity contribution in [3.05, 3.63) is 29.8 Å². The molecule has 1 aromatic rings. The first kappa shape index (κ1) is 16.2. The zero-order chi connectivity index (χ0) is 14.9. The van der Waals surface area contributed by atoms with Crippen LogP contribution in [0.2, 0.25) is 0 Å². The summed E-state index contributed by atoms with van der Waals surface area (Å²) in [4.78, 5) is 12.0. The van der Waals surface area contributed by atoms with Gasteiger partial charge in [0, 0.05) is 36.3 Å². The van der Waals surface area contributed by atoms with E-state index in [1.165, 1.54) is 0 Å². The first-order chi connectivity index (χ1) is 10.3. The van der Waals surface area contributed by atoms with Crippen LogP contribution in [0.1, 0.15) is 30.1 Å². The largest absolute Gasteiger partial charge is 0.494 e. The lowest BCUT2D eigenvalue weighted by atomic mass is 10.2. The molecule has 21 heavy (non-hydrogen) atoms. The molecule has 0 aromatic heterocycles. The minimum absolute atomic E-state index is 0.0226. The average Bonchev–Trinajstić information content (AvgIpc) is 2.53. The van der Waals surface area contributed by atoms with E-state index in [-0.39, 0.29) is 5.91 Å². The summed E-state index contributed by atoms with van der Waals surface area (Å²) >= 11 is 1.93. The molecule has 0 spiro atoms. The van der Waals surface area contributed by atoms with Gasteiger partial charge in [-0.2, -0.15) is 11.8 Å². The summed E-state index contributed by atoms with van der Waals surface area (Å²) in [7, 11) is 0. The highest BCUT2D eigenvalue weighted by molar-refractivity contribution is 7.99. The fourth-order valence-electron chi connectivity index (χ4n) is 2.20. The molecule has 1 N–H and O–H groups in total. The van der Waals surface area contributed by atoms with E-state index in [4.69, 9.17) is 9.47 Å². The van der Waals surface area contributed by atoms with Crippen molar-refractivity contribution >= 4 is 17.7 Å². The number of benzene rings is 1. The first-order valence-electron chi connectivity index (χ1n) is 7.50. The number of carbonyl (C=O) groups is 1. The maximum Gasteiger partial charge on any atom is 0.251 e. The smallest absolute Gasteiger partial charge is 0.251 e. The highest BCUT2D eigenvalue weighted by Crippen LogP contribution is 2.21. The van der Waals surface area contributed by atoms with Gasteiger partial charge in [-0.15, -0.1) is 0 Å². The van der Waals surface area contributed by atoms with Crippen LogP contribution >= 0.6 is 11.8 Å². The Labute approximate surface area is 130 Å². The van der Waals surface area contributed by atoms with Gasteiger partial charge in [0.2, 0.25) is 0 Å². The van der Waals surface area contributed by atoms with E-state index in [2.05, 4.69) is 5.32 Å². The zero-order valence-corrected chi connectivity index (χ0v) is 13.3. The maximum absolute atomic E-state index is 12.0. The lowest BCUT2D eigenvalue weighted by molar-refractivity contribution is 0.0955. The Morgan fingerprint density at radius 1 is 1.33 bits per heavy atom. The van der Waals surface area contributed by atoms with E-state index >= 15 is 0 Å². The van der Waals surface area contributed by atoms with Crippen LogP contribution in [-0.2, 0) is 4.74 Å². The summed E-state index contributed by atoms with van der Waals surface area (Å²) in [5, 5.41) is 3.64. The van der Waals surface area contributed by atoms with Crippen molar-refractivity contribution in [3.8, 4) is 5.75 Å². The number of thioether (sulfide) groups is 1. The number of amides is 1. The van der Waals surface area contributed by atoms with E-state index in [9.17, 15) is 4.79 Å². The van der Waals surface area contributed by atoms with Gasteiger partial charge in [-0.1, -0.05) is 0 Å². The quantitative estimate of drug-likeness (QED) is 0.787. The predicted molar refractivity (Wildman–Crippen MR) is 86.2 cm³/mol. The molecule has 1 amide bonds. The van der Waals surface area contributed by atoms with E-state index in [0.29, 0.717) is 24.0 Å². The van der Waals surface area contributed by atoms with Crippen molar-refractivity contribution in [3.63, 3.8) is 0 Å². The van der Waals surface area contributed by atoms with Gasteiger partial charge < -0.3 is 14.8 Å². The van der Waals surface area contributed by atoms with E-state index in [0.717, 1.165) is 37.6 Å². The molecule has 5 heteroatoms. The molecule has 1 heterocycles. The minimum Gasteiger partial charge on any atom is -0.494 e. The highest BCUT2D eigenvalue weighted by atomic mass is 32.2. The first-order valence-corrected chi connectivity index (χ1v) is 8.55. The molecule has 2 rings (SSSR count). The van der Waals surface area contributed by atoms with Gasteiger partial charge in [0.25, 0.3) is 5.91 Å². The third-order valence-electron chi connectivity index (χ3n) is 3.34. The van der Waals surface area contributed by atoms with Gasteiger partial charge >= 0.3 is 0 Å². The van der Waals surface area contributed by atoms with Crippen LogP contribution in [0.3, 0.4) is 0 Å². The second kappa shape index (κ2) is 8.95. The number of hydrogen-bond donors (Lipinski definition) is 1. The number of rotatable bonds is 7. The topological polar surface area (TPSA) is 47.6 Å². The molecule has 0 bridgehead atoms. The molecule has 0 unspecified atom stereocenters. The molecule has 1 aliphatic heterocycles. The van der Waals surface area contributed by atoms with Crippen LogP contribution in [0, 0.1) is 0 Å². The Morgan fingerprint density at radius 3 is 2.71 bits per heavy atom. The van der Waals surface area contributed by atoms with Gasteiger partial charge in [-0.3, -0.25) is 4.79 Å². The molecule has 1 aromatic carbocycles. The van der Waals surface area contributed by atoms with E-state index in [1.807, 2.05) is 30.8 Å². The molecule has 1 fully saturated rings. The van der Waals surface area contributed by atoms with Gasteiger partial charge in [-0.05, 0) is 44.0 Å². The molecular formula is C16H23NO3S. The second-order valence-electron chi connectivity index (χ2n) is 4.90. The van der Waals surface area contributed by atoms with Crippen molar-refractivity contribution in [2.24, 2.45) is 0 Å². The SMILES string of the molecule is CCOc1ccc(C(=O)NCCSC2CCOCC2)cc1. The normalized spacial score (nSPS) is 15.7. The standard InChI is InChI=1S/C16H23NO3S/c1-2-20-14-5-3-13(4-6-14)16(18)17-9-12-21-15-7-10-19-11-8-15/h3-6,15H,2,7-12H2,1H3,(H,17,18). The molecule has 116 valence electrons. The molecular weight excluding hydrogens is 286 g/mol. The van der Waals surface area contributed by atoms with Crippen molar-refractivity contribution < 1.29 is 14.3 Å². The van der Waals surface area contributed by atoms with Crippen molar-refractivity contribution in [2.45, 2.75) is 25.0 Å². The lowest BCUT2D eigenvalue weighted by Gasteiger charge is -2.21. The third kappa shape index (κ3) is 5.59. The van der Waals surface area contributed by atoms with Gasteiger partial charge in [0.05, 0.1) is 6.61 Å². The summed E-state index contributed by atoms with van der Waals surface area (Å²) < 4.78 is 10.7. The van der Waals surface area contributed by atoms with Crippen LogP contribution in [0.15, 0.2) is 24.3 Å². The Kier molecular flexibility index (Phi) is 6.89. The monoisotopic (exact) mass is 309 g/mol. The van der Waals surface area contributed by atoms with Gasteiger partial charge in [0.15, 0.2) is 0 Å². The van der Waals surface area contributed by atoms with Gasteiger partial charge in [-0.25, -0.2) is 0 Å². The van der Waals surface area contributed by atoms with E-state index < -0.39 is 0 Å². The Bertz CT molecular complexity index is 430. The Hall–Kier alpha value is -1.20. The minimum atomic E-state index is -0.0226. The zero-order valence-electron chi connectivity index (χ0n) is 12.5. The van der Waals surface area contributed by atoms with Gasteiger partial charge in [0.1, 0.15) is 5.75 Å². The summed E-state index contributed by atoms with van der Waals surface area (Å²) in [5.41, 5.74) is 0.675. The molecule has 0 radical (unpaired) electrons. The van der Waals surface area contributed by atoms with Crippen LogP contribution in [0.4, 0.5) is 0 Å². The molecule has 0 aliphatic carbocycles. The molecule has 4 nitrogen and oxygen atoms in total. The van der Waals surface area contributed by atoms with Crippen LogP contribution in [0.5, 0.6) is 5.75 Å². The molecule has 0 saturated carbocycles. The summed E-state index contributed by atoms with van der Waals surface area (Å²) in [6, 6.07) is 7.25. The van der Waals surface area contributed by atoms with Crippen LogP contribution in [-0.4, -0.2) is 43.3 Å².